The van der Waals surface area contributed by atoms with Crippen LogP contribution in [0.25, 0.3) is 0 Å². The second-order valence-electron chi connectivity index (χ2n) is 9.10. The van der Waals surface area contributed by atoms with Gasteiger partial charge in [0.15, 0.2) is 0 Å². The zero-order valence-electron chi connectivity index (χ0n) is 18.5. The second-order valence-corrected chi connectivity index (χ2v) is 9.10. The van der Waals surface area contributed by atoms with Gasteiger partial charge < -0.3 is 19.5 Å². The Morgan fingerprint density at radius 2 is 1.80 bits per heavy atom. The Labute approximate surface area is 179 Å². The highest BCUT2D eigenvalue weighted by Crippen LogP contribution is 2.27. The van der Waals surface area contributed by atoms with Crippen LogP contribution in [-0.4, -0.2) is 46.4 Å². The highest BCUT2D eigenvalue weighted by Gasteiger charge is 2.36. The lowest BCUT2D eigenvalue weighted by Gasteiger charge is -2.30. The van der Waals surface area contributed by atoms with E-state index in [0.29, 0.717) is 13.1 Å². The molecule has 0 spiro atoms. The highest BCUT2D eigenvalue weighted by atomic mass is 16.3. The smallest absolute Gasteiger partial charge is 0.318 e. The summed E-state index contributed by atoms with van der Waals surface area (Å²) in [6, 6.07) is 13.9. The minimum atomic E-state index is -0.341. The van der Waals surface area contributed by atoms with Crippen LogP contribution < -0.4 is 5.32 Å². The molecule has 1 aliphatic rings. The van der Waals surface area contributed by atoms with E-state index < -0.39 is 0 Å². The van der Waals surface area contributed by atoms with Crippen molar-refractivity contribution in [1.82, 2.24) is 15.1 Å². The van der Waals surface area contributed by atoms with Gasteiger partial charge in [0.05, 0.1) is 6.54 Å². The van der Waals surface area contributed by atoms with E-state index in [0.717, 1.165) is 30.8 Å². The number of amides is 3. The molecule has 0 atom stereocenters. The number of furan rings is 1. The van der Waals surface area contributed by atoms with E-state index in [1.165, 1.54) is 5.56 Å². The average Bonchev–Trinajstić information content (AvgIpc) is 3.43. The van der Waals surface area contributed by atoms with E-state index in [1.54, 1.807) is 9.80 Å². The first kappa shape index (κ1) is 21.9. The number of rotatable bonds is 8. The number of benzene rings is 1. The summed E-state index contributed by atoms with van der Waals surface area (Å²) >= 11 is 0. The summed E-state index contributed by atoms with van der Waals surface area (Å²) in [4.78, 5) is 29.5. The molecule has 0 unspecified atom stereocenters. The molecule has 0 saturated heterocycles. The topological polar surface area (TPSA) is 65.8 Å². The van der Waals surface area contributed by atoms with Crippen molar-refractivity contribution in [2.45, 2.75) is 65.1 Å². The van der Waals surface area contributed by atoms with Gasteiger partial charge in [-0.05, 0) is 64.7 Å². The Morgan fingerprint density at radius 1 is 1.10 bits per heavy atom. The van der Waals surface area contributed by atoms with Crippen LogP contribution in [0.15, 0.2) is 46.9 Å². The summed E-state index contributed by atoms with van der Waals surface area (Å²) in [5, 5.41) is 2.99. The minimum Gasteiger partial charge on any atom is -0.464 e. The van der Waals surface area contributed by atoms with Gasteiger partial charge in [-0.2, -0.15) is 0 Å². The first-order chi connectivity index (χ1) is 14.2. The maximum absolute atomic E-state index is 13.3. The molecule has 1 heterocycles. The Kier molecular flexibility index (Phi) is 6.85. The third-order valence-corrected chi connectivity index (χ3v) is 5.04. The van der Waals surface area contributed by atoms with Gasteiger partial charge >= 0.3 is 6.03 Å². The van der Waals surface area contributed by atoms with Crippen LogP contribution >= 0.6 is 0 Å². The molecule has 3 rings (SSSR count). The zero-order valence-corrected chi connectivity index (χ0v) is 18.5. The number of carbonyl (C=O) groups excluding carboxylic acids is 2. The Morgan fingerprint density at radius 3 is 2.37 bits per heavy atom. The molecule has 1 N–H and O–H groups in total. The van der Waals surface area contributed by atoms with Crippen LogP contribution in [0.1, 0.15) is 50.7 Å². The van der Waals surface area contributed by atoms with Gasteiger partial charge in [0, 0.05) is 18.1 Å². The van der Waals surface area contributed by atoms with E-state index in [-0.39, 0.29) is 30.1 Å². The molecule has 0 bridgehead atoms. The molecule has 162 valence electrons. The molecular formula is C24H33N3O3. The van der Waals surface area contributed by atoms with Crippen molar-refractivity contribution in [3.8, 4) is 0 Å². The Hall–Kier alpha value is -2.76. The van der Waals surface area contributed by atoms with Gasteiger partial charge in [-0.3, -0.25) is 4.79 Å². The van der Waals surface area contributed by atoms with Crippen molar-refractivity contribution in [3.63, 3.8) is 0 Å². The predicted octanol–water partition coefficient (Wildman–Crippen LogP) is 4.13. The monoisotopic (exact) mass is 411 g/mol. The van der Waals surface area contributed by atoms with Crippen molar-refractivity contribution in [2.24, 2.45) is 0 Å². The number of nitrogens with zero attached hydrogens (tertiary/aromatic N) is 2. The summed E-state index contributed by atoms with van der Waals surface area (Å²) in [5.74, 6) is 1.52. The van der Waals surface area contributed by atoms with Gasteiger partial charge in [0.1, 0.15) is 18.1 Å². The van der Waals surface area contributed by atoms with Gasteiger partial charge in [0.25, 0.3) is 0 Å². The number of aryl methyl sites for hydroxylation is 1. The van der Waals surface area contributed by atoms with Gasteiger partial charge in [-0.25, -0.2) is 4.79 Å². The fourth-order valence-electron chi connectivity index (χ4n) is 3.35. The normalized spacial score (nSPS) is 13.7. The van der Waals surface area contributed by atoms with Crippen LogP contribution in [0.2, 0.25) is 0 Å². The second kappa shape index (κ2) is 9.37. The predicted molar refractivity (Wildman–Crippen MR) is 117 cm³/mol. The number of urea groups is 1. The molecule has 0 aliphatic heterocycles. The van der Waals surface area contributed by atoms with Crippen molar-refractivity contribution in [1.29, 1.82) is 0 Å². The SMILES string of the molecule is Cc1ccc(CN(CCc2ccccc2)C(=O)CN(C(=O)NC(C)(C)C)C2CC2)o1. The molecule has 1 fully saturated rings. The summed E-state index contributed by atoms with van der Waals surface area (Å²) in [7, 11) is 0. The van der Waals surface area contributed by atoms with Gasteiger partial charge in [0.2, 0.25) is 5.91 Å². The van der Waals surface area contributed by atoms with Crippen LogP contribution in [0, 0.1) is 6.92 Å². The van der Waals surface area contributed by atoms with Crippen LogP contribution in [0.5, 0.6) is 0 Å². The van der Waals surface area contributed by atoms with Crippen molar-refractivity contribution >= 4 is 11.9 Å². The van der Waals surface area contributed by atoms with E-state index in [9.17, 15) is 9.59 Å². The number of hydrogen-bond acceptors (Lipinski definition) is 3. The molecule has 1 aromatic heterocycles. The van der Waals surface area contributed by atoms with Crippen LogP contribution in [-0.2, 0) is 17.8 Å². The fraction of sp³-hybridized carbons (Fsp3) is 0.500. The van der Waals surface area contributed by atoms with Gasteiger partial charge in [-0.1, -0.05) is 30.3 Å². The van der Waals surface area contributed by atoms with Crippen molar-refractivity contribution in [2.75, 3.05) is 13.1 Å². The lowest BCUT2D eigenvalue weighted by molar-refractivity contribution is -0.132. The summed E-state index contributed by atoms with van der Waals surface area (Å²) < 4.78 is 5.71. The molecule has 0 radical (unpaired) electrons. The molecule has 3 amide bonds. The molecular weight excluding hydrogens is 378 g/mol. The summed E-state index contributed by atoms with van der Waals surface area (Å²) in [6.45, 7) is 8.79. The lowest BCUT2D eigenvalue weighted by Crippen LogP contribution is -2.52. The van der Waals surface area contributed by atoms with Crippen LogP contribution in [0.4, 0.5) is 4.79 Å². The van der Waals surface area contributed by atoms with Gasteiger partial charge in [-0.15, -0.1) is 0 Å². The van der Waals surface area contributed by atoms with E-state index in [1.807, 2.05) is 58.0 Å². The van der Waals surface area contributed by atoms with Crippen molar-refractivity contribution in [3.05, 3.63) is 59.5 Å². The van der Waals surface area contributed by atoms with E-state index in [2.05, 4.69) is 17.4 Å². The maximum Gasteiger partial charge on any atom is 0.318 e. The largest absolute Gasteiger partial charge is 0.464 e. The summed E-state index contributed by atoms with van der Waals surface area (Å²) in [6.07, 6.45) is 2.66. The molecule has 30 heavy (non-hydrogen) atoms. The van der Waals surface area contributed by atoms with Crippen molar-refractivity contribution < 1.29 is 14.0 Å². The standard InChI is InChI=1S/C24H33N3O3/c1-18-10-13-21(30-18)16-26(15-14-19-8-6-5-7-9-19)22(28)17-27(20-11-12-20)23(29)25-24(2,3)4/h5-10,13,20H,11-12,14-17H2,1-4H3,(H,25,29). The van der Waals surface area contributed by atoms with E-state index in [4.69, 9.17) is 4.42 Å². The molecule has 1 aromatic carbocycles. The first-order valence-corrected chi connectivity index (χ1v) is 10.7. The molecule has 6 heteroatoms. The lowest BCUT2D eigenvalue weighted by atomic mass is 10.1. The average molecular weight is 412 g/mol. The fourth-order valence-corrected chi connectivity index (χ4v) is 3.35. The van der Waals surface area contributed by atoms with Crippen LogP contribution in [0.3, 0.4) is 0 Å². The minimum absolute atomic E-state index is 0.0593. The quantitative estimate of drug-likeness (QED) is 0.710. The van der Waals surface area contributed by atoms with E-state index >= 15 is 0 Å². The number of nitrogens with one attached hydrogen (secondary N) is 1. The molecule has 1 aliphatic carbocycles. The molecule has 1 saturated carbocycles. The Bertz CT molecular complexity index is 850. The molecule has 6 nitrogen and oxygen atoms in total. The number of carbonyl (C=O) groups is 2. The zero-order chi connectivity index (χ0) is 21.7. The number of hydrogen-bond donors (Lipinski definition) is 1. The third-order valence-electron chi connectivity index (χ3n) is 5.04. The highest BCUT2D eigenvalue weighted by molar-refractivity contribution is 5.84. The molecule has 2 aromatic rings. The third kappa shape index (κ3) is 6.65. The summed E-state index contributed by atoms with van der Waals surface area (Å²) in [5.41, 5.74) is 0.835. The maximum atomic E-state index is 13.3. The Balaban J connectivity index is 1.69. The first-order valence-electron chi connectivity index (χ1n) is 10.7.